The van der Waals surface area contributed by atoms with Crippen LogP contribution in [0.2, 0.25) is 0 Å². The lowest BCUT2D eigenvalue weighted by molar-refractivity contribution is 0.419. The Hall–Kier alpha value is -1.73. The third kappa shape index (κ3) is 2.74. The number of nitrogens with zero attached hydrogens (tertiary/aromatic N) is 3. The first-order chi connectivity index (χ1) is 8.49. The zero-order valence-electron chi connectivity index (χ0n) is 10.1. The second-order valence-corrected chi connectivity index (χ2v) is 6.17. The molecule has 0 amide bonds. The van der Waals surface area contributed by atoms with Crippen LogP contribution in [-0.2, 0) is 15.8 Å². The van der Waals surface area contributed by atoms with E-state index in [1.807, 2.05) is 0 Å². The molecule has 18 heavy (non-hydrogen) atoms. The highest BCUT2D eigenvalue weighted by Gasteiger charge is 2.14. The highest BCUT2D eigenvalue weighted by Crippen LogP contribution is 2.16. The molecule has 2 aromatic rings. The van der Waals surface area contributed by atoms with Gasteiger partial charge in [-0.2, -0.15) is 4.98 Å². The van der Waals surface area contributed by atoms with Gasteiger partial charge in [-0.05, 0) is 5.56 Å². The van der Waals surface area contributed by atoms with E-state index in [4.69, 9.17) is 0 Å². The van der Waals surface area contributed by atoms with Crippen LogP contribution in [0.5, 0.6) is 0 Å². The summed E-state index contributed by atoms with van der Waals surface area (Å²) in [5.41, 5.74) is 1.51. The van der Waals surface area contributed by atoms with Gasteiger partial charge < -0.3 is 4.52 Å². The van der Waals surface area contributed by atoms with Crippen molar-refractivity contribution >= 4 is 10.0 Å². The van der Waals surface area contributed by atoms with E-state index < -0.39 is 10.0 Å². The van der Waals surface area contributed by atoms with E-state index in [2.05, 4.69) is 14.7 Å². The summed E-state index contributed by atoms with van der Waals surface area (Å²) < 4.78 is 29.3. The third-order valence-electron chi connectivity index (χ3n) is 2.48. The van der Waals surface area contributed by atoms with Crippen molar-refractivity contribution in [1.82, 2.24) is 14.4 Å². The summed E-state index contributed by atoms with van der Waals surface area (Å²) in [4.78, 5) is 3.91. The van der Waals surface area contributed by atoms with E-state index in [9.17, 15) is 8.42 Å². The molecule has 1 aromatic carbocycles. The normalized spacial score (nSPS) is 11.9. The van der Waals surface area contributed by atoms with Crippen LogP contribution in [0.25, 0.3) is 11.4 Å². The van der Waals surface area contributed by atoms with Crippen molar-refractivity contribution in [2.45, 2.75) is 5.75 Å². The van der Waals surface area contributed by atoms with Gasteiger partial charge in [-0.15, -0.1) is 0 Å². The average molecular weight is 267 g/mol. The van der Waals surface area contributed by atoms with Crippen LogP contribution in [0.4, 0.5) is 0 Å². The first kappa shape index (κ1) is 12.7. The van der Waals surface area contributed by atoms with Crippen LogP contribution in [0.1, 0.15) is 5.56 Å². The predicted octanol–water partition coefficient (Wildman–Crippen LogP) is 1.13. The van der Waals surface area contributed by atoms with Crippen LogP contribution in [0.15, 0.2) is 35.2 Å². The highest BCUT2D eigenvalue weighted by atomic mass is 32.2. The smallest absolute Gasteiger partial charge is 0.217 e. The lowest BCUT2D eigenvalue weighted by Crippen LogP contribution is -2.23. The Morgan fingerprint density at radius 1 is 1.22 bits per heavy atom. The summed E-state index contributed by atoms with van der Waals surface area (Å²) in [6.07, 6.45) is 1.25. The van der Waals surface area contributed by atoms with Gasteiger partial charge in [0.2, 0.25) is 22.2 Å². The molecule has 2 rings (SSSR count). The quantitative estimate of drug-likeness (QED) is 0.830. The average Bonchev–Trinajstić information content (AvgIpc) is 2.83. The second kappa shape index (κ2) is 4.87. The minimum atomic E-state index is -3.23. The molecule has 0 unspecified atom stereocenters. The molecule has 0 aliphatic rings. The number of aromatic nitrogens is 2. The summed E-state index contributed by atoms with van der Waals surface area (Å²) in [6.45, 7) is 0. The van der Waals surface area contributed by atoms with Gasteiger partial charge in [0.25, 0.3) is 0 Å². The van der Waals surface area contributed by atoms with Crippen molar-refractivity contribution in [3.63, 3.8) is 0 Å². The van der Waals surface area contributed by atoms with Gasteiger partial charge in [-0.25, -0.2) is 12.7 Å². The maximum absolute atomic E-state index is 11.7. The molecule has 0 saturated carbocycles. The van der Waals surface area contributed by atoms with Crippen LogP contribution < -0.4 is 0 Å². The summed E-state index contributed by atoms with van der Waals surface area (Å²) in [5, 5.41) is 3.71. The first-order valence-electron chi connectivity index (χ1n) is 5.25. The van der Waals surface area contributed by atoms with Crippen LogP contribution >= 0.6 is 0 Å². The maximum atomic E-state index is 11.7. The standard InChI is InChI=1S/C11H13N3O3S/c1-14(2)18(15,16)7-9-3-5-10(6-4-9)11-12-8-17-13-11/h3-6,8H,7H2,1-2H3. The first-order valence-corrected chi connectivity index (χ1v) is 6.86. The predicted molar refractivity (Wildman–Crippen MR) is 66.0 cm³/mol. The number of rotatable bonds is 4. The van der Waals surface area contributed by atoms with Crippen molar-refractivity contribution in [1.29, 1.82) is 0 Å². The van der Waals surface area contributed by atoms with E-state index in [1.54, 1.807) is 24.3 Å². The molecule has 0 fully saturated rings. The van der Waals surface area contributed by atoms with E-state index in [-0.39, 0.29) is 5.75 Å². The molecule has 0 aliphatic carbocycles. The van der Waals surface area contributed by atoms with Gasteiger partial charge in [-0.3, -0.25) is 0 Å². The van der Waals surface area contributed by atoms with Crippen molar-refractivity contribution in [2.75, 3.05) is 14.1 Å². The van der Waals surface area contributed by atoms with Gasteiger partial charge in [0.1, 0.15) is 0 Å². The van der Waals surface area contributed by atoms with Gasteiger partial charge in [0.15, 0.2) is 0 Å². The fourth-order valence-corrected chi connectivity index (χ4v) is 2.26. The molecule has 96 valence electrons. The Morgan fingerprint density at radius 3 is 2.39 bits per heavy atom. The van der Waals surface area contributed by atoms with E-state index >= 15 is 0 Å². The lowest BCUT2D eigenvalue weighted by atomic mass is 10.1. The Kier molecular flexibility index (Phi) is 3.44. The molecule has 0 spiro atoms. The molecule has 0 atom stereocenters. The summed E-state index contributed by atoms with van der Waals surface area (Å²) in [7, 11) is -0.201. The molecule has 0 N–H and O–H groups in total. The topological polar surface area (TPSA) is 76.3 Å². The van der Waals surface area contributed by atoms with E-state index in [1.165, 1.54) is 24.8 Å². The largest absolute Gasteiger partial charge is 0.342 e. The van der Waals surface area contributed by atoms with Crippen LogP contribution in [0.3, 0.4) is 0 Å². The van der Waals surface area contributed by atoms with Gasteiger partial charge in [-0.1, -0.05) is 29.4 Å². The molecule has 6 nitrogen and oxygen atoms in total. The maximum Gasteiger partial charge on any atom is 0.217 e. The molecule has 0 radical (unpaired) electrons. The van der Waals surface area contributed by atoms with Crippen LogP contribution in [0, 0.1) is 0 Å². The number of sulfonamides is 1. The Bertz CT molecular complexity index is 603. The highest BCUT2D eigenvalue weighted by molar-refractivity contribution is 7.88. The van der Waals surface area contributed by atoms with Crippen molar-refractivity contribution < 1.29 is 12.9 Å². The Balaban J connectivity index is 2.19. The summed E-state index contributed by atoms with van der Waals surface area (Å²) in [6, 6.07) is 7.02. The molecule has 0 aliphatic heterocycles. The van der Waals surface area contributed by atoms with Gasteiger partial charge in [0.05, 0.1) is 5.75 Å². The monoisotopic (exact) mass is 267 g/mol. The zero-order valence-corrected chi connectivity index (χ0v) is 10.9. The number of benzene rings is 1. The molecular weight excluding hydrogens is 254 g/mol. The number of hydrogen-bond donors (Lipinski definition) is 0. The molecule has 0 bridgehead atoms. The minimum absolute atomic E-state index is 0.0213. The number of hydrogen-bond acceptors (Lipinski definition) is 5. The SMILES string of the molecule is CN(C)S(=O)(=O)Cc1ccc(-c2ncon2)cc1. The molecule has 1 aromatic heterocycles. The minimum Gasteiger partial charge on any atom is -0.342 e. The van der Waals surface area contributed by atoms with Crippen molar-refractivity contribution in [3.8, 4) is 11.4 Å². The van der Waals surface area contributed by atoms with E-state index in [0.717, 1.165) is 11.1 Å². The van der Waals surface area contributed by atoms with Crippen LogP contribution in [-0.4, -0.2) is 37.0 Å². The van der Waals surface area contributed by atoms with Crippen molar-refractivity contribution in [3.05, 3.63) is 36.2 Å². The van der Waals surface area contributed by atoms with Crippen molar-refractivity contribution in [2.24, 2.45) is 0 Å². The Morgan fingerprint density at radius 2 is 1.89 bits per heavy atom. The summed E-state index contributed by atoms with van der Waals surface area (Å²) >= 11 is 0. The van der Waals surface area contributed by atoms with E-state index in [0.29, 0.717) is 5.82 Å². The molecular formula is C11H13N3O3S. The fourth-order valence-electron chi connectivity index (χ4n) is 1.39. The lowest BCUT2D eigenvalue weighted by Gasteiger charge is -2.11. The van der Waals surface area contributed by atoms with Gasteiger partial charge in [0, 0.05) is 19.7 Å². The second-order valence-electron chi connectivity index (χ2n) is 3.99. The van der Waals surface area contributed by atoms with Gasteiger partial charge >= 0.3 is 0 Å². The summed E-state index contributed by atoms with van der Waals surface area (Å²) in [5.74, 6) is 0.462. The Labute approximate surface area is 105 Å². The zero-order chi connectivity index (χ0) is 13.2. The molecule has 7 heteroatoms. The fraction of sp³-hybridized carbons (Fsp3) is 0.273. The molecule has 0 saturated heterocycles. The third-order valence-corrected chi connectivity index (χ3v) is 4.29. The molecule has 1 heterocycles.